The van der Waals surface area contributed by atoms with Crippen LogP contribution < -0.4 is 0 Å². The van der Waals surface area contributed by atoms with Gasteiger partial charge in [-0.25, -0.2) is 0 Å². The predicted octanol–water partition coefficient (Wildman–Crippen LogP) is 1.89. The summed E-state index contributed by atoms with van der Waals surface area (Å²) in [7, 11) is 2.07. The van der Waals surface area contributed by atoms with Gasteiger partial charge >= 0.3 is 0 Å². The van der Waals surface area contributed by atoms with Gasteiger partial charge in [0.25, 0.3) is 0 Å². The van der Waals surface area contributed by atoms with Crippen LogP contribution in [-0.2, 0) is 0 Å². The van der Waals surface area contributed by atoms with Gasteiger partial charge in [-0.05, 0) is 6.26 Å². The van der Waals surface area contributed by atoms with E-state index in [4.69, 9.17) is 0 Å². The molecule has 1 aliphatic rings. The highest BCUT2D eigenvalue weighted by Gasteiger charge is 2.08. The quantitative estimate of drug-likeness (QED) is 0.592. The van der Waals surface area contributed by atoms with Crippen molar-refractivity contribution in [1.29, 1.82) is 0 Å². The van der Waals surface area contributed by atoms with Crippen molar-refractivity contribution in [2.24, 2.45) is 4.99 Å². The van der Waals surface area contributed by atoms with E-state index in [2.05, 4.69) is 23.2 Å². The zero-order chi connectivity index (χ0) is 5.98. The molecule has 0 N–H and O–H groups in total. The van der Waals surface area contributed by atoms with Crippen LogP contribution in [-0.4, -0.2) is 36.5 Å². The summed E-state index contributed by atoms with van der Waals surface area (Å²) in [5, 5.41) is 1.17. The van der Waals surface area contributed by atoms with E-state index >= 15 is 0 Å². The lowest BCUT2D eigenvalue weighted by molar-refractivity contribution is 0.564. The molecule has 0 amide bonds. The summed E-state index contributed by atoms with van der Waals surface area (Å²) in [4.78, 5) is 6.41. The average molecular weight is 386 g/mol. The fourth-order valence-electron chi connectivity index (χ4n) is 0.732. The third kappa shape index (κ3) is 3.61. The predicted molar refractivity (Wildman–Crippen MR) is 69.3 cm³/mol. The standard InChI is InChI=1S/C5H10N2S.2HI/c1-7-4-3-6-5(7)8-2;;/h3-4H2,1-2H3;2*1H. The third-order valence-electron chi connectivity index (χ3n) is 1.19. The van der Waals surface area contributed by atoms with Gasteiger partial charge in [0, 0.05) is 13.6 Å². The van der Waals surface area contributed by atoms with E-state index in [-0.39, 0.29) is 48.0 Å². The fourth-order valence-corrected chi connectivity index (χ4v) is 1.36. The van der Waals surface area contributed by atoms with Crippen molar-refractivity contribution >= 4 is 64.9 Å². The summed E-state index contributed by atoms with van der Waals surface area (Å²) < 4.78 is 0. The van der Waals surface area contributed by atoms with Crippen molar-refractivity contribution in [2.45, 2.75) is 0 Å². The van der Waals surface area contributed by atoms with Crippen LogP contribution in [0.15, 0.2) is 4.99 Å². The Morgan fingerprint density at radius 1 is 1.50 bits per heavy atom. The summed E-state index contributed by atoms with van der Waals surface area (Å²) >= 11 is 1.72. The molecule has 0 unspecified atom stereocenters. The van der Waals surface area contributed by atoms with E-state index in [0.717, 1.165) is 13.1 Å². The normalized spacial score (nSPS) is 15.4. The van der Waals surface area contributed by atoms with Gasteiger partial charge in [0.2, 0.25) is 0 Å². The Hall–Kier alpha value is 1.28. The summed E-state index contributed by atoms with van der Waals surface area (Å²) in [5.41, 5.74) is 0. The molecule has 1 aliphatic heterocycles. The van der Waals surface area contributed by atoms with Crippen molar-refractivity contribution in [2.75, 3.05) is 26.4 Å². The van der Waals surface area contributed by atoms with Crippen molar-refractivity contribution in [1.82, 2.24) is 4.90 Å². The van der Waals surface area contributed by atoms with Gasteiger partial charge in [-0.2, -0.15) is 0 Å². The highest BCUT2D eigenvalue weighted by molar-refractivity contribution is 14.0. The molecule has 1 heterocycles. The number of aliphatic imine (C=N–C) groups is 1. The van der Waals surface area contributed by atoms with Gasteiger partial charge in [0.15, 0.2) is 5.17 Å². The van der Waals surface area contributed by atoms with Gasteiger partial charge in [-0.1, -0.05) is 11.8 Å². The maximum absolute atomic E-state index is 4.24. The topological polar surface area (TPSA) is 15.6 Å². The molecule has 10 heavy (non-hydrogen) atoms. The molecule has 0 bridgehead atoms. The lowest BCUT2D eigenvalue weighted by atomic mass is 10.6. The second-order valence-corrected chi connectivity index (χ2v) is 2.56. The zero-order valence-electron chi connectivity index (χ0n) is 6.03. The van der Waals surface area contributed by atoms with E-state index in [1.807, 2.05) is 0 Å². The van der Waals surface area contributed by atoms with Crippen molar-refractivity contribution in [3.63, 3.8) is 0 Å². The first-order chi connectivity index (χ1) is 3.84. The minimum absolute atomic E-state index is 0. The third-order valence-corrected chi connectivity index (χ3v) is 2.00. The number of amidine groups is 1. The molecule has 1 rings (SSSR count). The summed E-state index contributed by atoms with van der Waals surface area (Å²) in [6.45, 7) is 2.07. The minimum Gasteiger partial charge on any atom is -0.353 e. The molecule has 0 radical (unpaired) electrons. The van der Waals surface area contributed by atoms with Gasteiger partial charge in [0.05, 0.1) is 6.54 Å². The molecule has 0 atom stereocenters. The molecule has 2 nitrogen and oxygen atoms in total. The van der Waals surface area contributed by atoms with Gasteiger partial charge < -0.3 is 4.90 Å². The molecule has 0 aromatic carbocycles. The van der Waals surface area contributed by atoms with Crippen LogP contribution in [0.25, 0.3) is 0 Å². The molecule has 0 saturated heterocycles. The maximum Gasteiger partial charge on any atom is 0.158 e. The Bertz CT molecular complexity index is 118. The largest absolute Gasteiger partial charge is 0.353 e. The molecule has 0 aromatic heterocycles. The highest BCUT2D eigenvalue weighted by atomic mass is 127. The SMILES string of the molecule is CSC1=NCCN1C.I.I. The summed E-state index contributed by atoms with van der Waals surface area (Å²) in [6, 6.07) is 0. The van der Waals surface area contributed by atoms with Crippen LogP contribution in [0.5, 0.6) is 0 Å². The average Bonchev–Trinajstić information content (AvgIpc) is 2.14. The maximum atomic E-state index is 4.24. The van der Waals surface area contributed by atoms with Gasteiger partial charge in [-0.15, -0.1) is 48.0 Å². The molecular formula is C5H12I2N2S. The molecule has 0 aliphatic carbocycles. The Morgan fingerprint density at radius 2 is 2.10 bits per heavy atom. The van der Waals surface area contributed by atoms with Crippen molar-refractivity contribution < 1.29 is 0 Å². The van der Waals surface area contributed by atoms with Gasteiger partial charge in [0.1, 0.15) is 0 Å². The van der Waals surface area contributed by atoms with E-state index in [0.29, 0.717) is 0 Å². The lowest BCUT2D eigenvalue weighted by Gasteiger charge is -2.09. The molecule has 0 spiro atoms. The second-order valence-electron chi connectivity index (χ2n) is 1.79. The lowest BCUT2D eigenvalue weighted by Crippen LogP contribution is -2.19. The van der Waals surface area contributed by atoms with E-state index in [9.17, 15) is 0 Å². The number of rotatable bonds is 0. The van der Waals surface area contributed by atoms with Crippen molar-refractivity contribution in [3.8, 4) is 0 Å². The number of thioether (sulfide) groups is 1. The molecule has 0 aromatic rings. The number of nitrogens with zero attached hydrogens (tertiary/aromatic N) is 2. The number of likely N-dealkylation sites (N-methyl/N-ethyl adjacent to an activating group) is 1. The fraction of sp³-hybridized carbons (Fsp3) is 0.800. The first-order valence-corrected chi connectivity index (χ1v) is 3.86. The minimum atomic E-state index is 0. The van der Waals surface area contributed by atoms with Crippen LogP contribution in [0.1, 0.15) is 0 Å². The van der Waals surface area contributed by atoms with Crippen LogP contribution in [0.3, 0.4) is 0 Å². The number of hydrogen-bond donors (Lipinski definition) is 0. The molecule has 5 heteroatoms. The Balaban J connectivity index is 0. The molecule has 62 valence electrons. The van der Waals surface area contributed by atoms with Crippen LogP contribution in [0.4, 0.5) is 0 Å². The monoisotopic (exact) mass is 386 g/mol. The number of hydrogen-bond acceptors (Lipinski definition) is 3. The molecule has 0 saturated carbocycles. The summed E-state index contributed by atoms with van der Waals surface area (Å²) in [6.07, 6.45) is 2.06. The van der Waals surface area contributed by atoms with E-state index < -0.39 is 0 Å². The first-order valence-electron chi connectivity index (χ1n) is 2.64. The van der Waals surface area contributed by atoms with Crippen LogP contribution in [0, 0.1) is 0 Å². The molecular weight excluding hydrogens is 374 g/mol. The Labute approximate surface area is 100 Å². The smallest absolute Gasteiger partial charge is 0.158 e. The van der Waals surface area contributed by atoms with Gasteiger partial charge in [-0.3, -0.25) is 4.99 Å². The van der Waals surface area contributed by atoms with E-state index in [1.54, 1.807) is 11.8 Å². The second kappa shape index (κ2) is 6.96. The molecule has 0 fully saturated rings. The first kappa shape index (κ1) is 13.8. The Morgan fingerprint density at radius 3 is 2.30 bits per heavy atom. The Kier molecular flexibility index (Phi) is 9.63. The van der Waals surface area contributed by atoms with Crippen molar-refractivity contribution in [3.05, 3.63) is 0 Å². The number of halogens is 2. The van der Waals surface area contributed by atoms with E-state index in [1.165, 1.54) is 5.17 Å². The summed E-state index contributed by atoms with van der Waals surface area (Å²) in [5.74, 6) is 0. The van der Waals surface area contributed by atoms with Crippen LogP contribution in [0.2, 0.25) is 0 Å². The highest BCUT2D eigenvalue weighted by Crippen LogP contribution is 2.07. The van der Waals surface area contributed by atoms with Crippen LogP contribution >= 0.6 is 59.7 Å². The zero-order valence-corrected chi connectivity index (χ0v) is 11.5.